The normalized spacial score (nSPS) is 12.1. The van der Waals surface area contributed by atoms with Gasteiger partial charge in [-0.3, -0.25) is 9.59 Å². The van der Waals surface area contributed by atoms with Crippen LogP contribution in [0.25, 0.3) is 11.2 Å². The number of amides is 1. The number of thioether (sulfide) groups is 1. The van der Waals surface area contributed by atoms with Crippen molar-refractivity contribution in [1.29, 1.82) is 0 Å². The number of benzene rings is 1. The van der Waals surface area contributed by atoms with Crippen LogP contribution in [0.15, 0.2) is 41.7 Å². The monoisotopic (exact) mass is 370 g/mol. The highest BCUT2D eigenvalue weighted by Gasteiger charge is 2.28. The number of rotatable bonds is 6. The molecule has 0 spiro atoms. The van der Waals surface area contributed by atoms with E-state index in [1.54, 1.807) is 18.8 Å². The fourth-order valence-electron chi connectivity index (χ4n) is 2.37. The molecule has 0 aliphatic rings. The molecule has 2 aromatic heterocycles. The van der Waals surface area contributed by atoms with E-state index in [2.05, 4.69) is 20.3 Å². The van der Waals surface area contributed by atoms with Crippen molar-refractivity contribution in [2.45, 2.75) is 23.7 Å². The molecule has 0 N–H and O–H groups in total. The van der Waals surface area contributed by atoms with Gasteiger partial charge in [0.1, 0.15) is 16.6 Å². The quantitative estimate of drug-likeness (QED) is 0.368. The van der Waals surface area contributed by atoms with Crippen LogP contribution in [0.5, 0.6) is 0 Å². The Bertz CT molecular complexity index is 941. The van der Waals surface area contributed by atoms with Gasteiger partial charge in [-0.2, -0.15) is 0 Å². The first kappa shape index (κ1) is 18.0. The molecular weight excluding hydrogens is 352 g/mol. The minimum atomic E-state index is -0.873. The lowest BCUT2D eigenvalue weighted by atomic mass is 10.2. The maximum Gasteiger partial charge on any atom is 0.243 e. The molecule has 1 atom stereocenters. The second-order valence-corrected chi connectivity index (χ2v) is 7.02. The van der Waals surface area contributed by atoms with Crippen LogP contribution in [0, 0.1) is 0 Å². The fraction of sp³-hybridized carbons (Fsp3) is 0.294. The number of hydrogen-bond donors (Lipinski definition) is 0. The summed E-state index contributed by atoms with van der Waals surface area (Å²) in [6.07, 6.45) is 1.40. The van der Waals surface area contributed by atoms with E-state index < -0.39 is 5.25 Å². The van der Waals surface area contributed by atoms with Gasteiger partial charge in [0.25, 0.3) is 0 Å². The minimum absolute atomic E-state index is 0.239. The lowest BCUT2D eigenvalue weighted by Crippen LogP contribution is -2.36. The summed E-state index contributed by atoms with van der Waals surface area (Å²) in [6, 6.07) is 9.84. The molecule has 1 amide bonds. The molecule has 0 unspecified atom stereocenters. The molecule has 3 aromatic rings. The number of ketones is 1. The fourth-order valence-corrected chi connectivity index (χ4v) is 3.43. The van der Waals surface area contributed by atoms with Crippen LogP contribution in [0.3, 0.4) is 0 Å². The van der Waals surface area contributed by atoms with Crippen LogP contribution in [0.2, 0.25) is 0 Å². The summed E-state index contributed by atoms with van der Waals surface area (Å²) in [5, 5.41) is 7.91. The molecule has 2 heterocycles. The Labute approximate surface area is 154 Å². The number of Topliss-reactive ketones (excluding diaryl/α,β-unsaturated/α-hetero) is 1. The number of nitrogens with zero attached hydrogens (tertiary/aromatic N) is 6. The molecule has 0 saturated heterocycles. The SMILES string of the molecule is CC(=O)[C@@H](Sc1ncnc2c1nnn2Cc1ccccc1)C(=O)N(C)C. The number of hydrogen-bond acceptors (Lipinski definition) is 7. The van der Waals surface area contributed by atoms with Gasteiger partial charge in [-0.05, 0) is 12.5 Å². The van der Waals surface area contributed by atoms with Gasteiger partial charge >= 0.3 is 0 Å². The summed E-state index contributed by atoms with van der Waals surface area (Å²) in [5.41, 5.74) is 2.11. The molecule has 0 radical (unpaired) electrons. The van der Waals surface area contributed by atoms with E-state index in [4.69, 9.17) is 0 Å². The standard InChI is InChI=1S/C17H18N6O2S/c1-11(24)14(17(25)22(2)3)26-16-13-15(18-10-19-16)23(21-20-13)9-12-7-5-4-6-8-12/h4-8,10,14H,9H2,1-3H3/t14-/m1/s1. The molecule has 26 heavy (non-hydrogen) atoms. The van der Waals surface area contributed by atoms with Crippen molar-refractivity contribution in [3.05, 3.63) is 42.2 Å². The number of carbonyl (C=O) groups excluding carboxylic acids is 2. The maximum atomic E-state index is 12.3. The highest BCUT2D eigenvalue weighted by molar-refractivity contribution is 8.01. The van der Waals surface area contributed by atoms with Gasteiger partial charge < -0.3 is 4.90 Å². The van der Waals surface area contributed by atoms with E-state index >= 15 is 0 Å². The maximum absolute atomic E-state index is 12.3. The van der Waals surface area contributed by atoms with Crippen LogP contribution in [-0.4, -0.2) is 60.9 Å². The van der Waals surface area contributed by atoms with E-state index in [-0.39, 0.29) is 11.7 Å². The summed E-state index contributed by atoms with van der Waals surface area (Å²) < 4.78 is 1.67. The van der Waals surface area contributed by atoms with E-state index in [9.17, 15) is 9.59 Å². The highest BCUT2D eigenvalue weighted by Crippen LogP contribution is 2.28. The lowest BCUT2D eigenvalue weighted by molar-refractivity contribution is -0.132. The Balaban J connectivity index is 1.93. The molecule has 3 rings (SSSR count). The van der Waals surface area contributed by atoms with E-state index in [0.717, 1.165) is 17.3 Å². The van der Waals surface area contributed by atoms with Gasteiger partial charge in [-0.25, -0.2) is 14.6 Å². The zero-order valence-corrected chi connectivity index (χ0v) is 15.5. The highest BCUT2D eigenvalue weighted by atomic mass is 32.2. The van der Waals surface area contributed by atoms with Gasteiger partial charge in [-0.15, -0.1) is 5.10 Å². The number of aromatic nitrogens is 5. The van der Waals surface area contributed by atoms with Gasteiger partial charge in [0.2, 0.25) is 5.91 Å². The van der Waals surface area contributed by atoms with E-state index in [1.165, 1.54) is 18.2 Å². The molecule has 1 aromatic carbocycles. The largest absolute Gasteiger partial charge is 0.347 e. The van der Waals surface area contributed by atoms with Crippen molar-refractivity contribution in [2.24, 2.45) is 0 Å². The third-order valence-corrected chi connectivity index (χ3v) is 5.00. The Morgan fingerprint density at radius 2 is 1.92 bits per heavy atom. The topological polar surface area (TPSA) is 93.9 Å². The predicted octanol–water partition coefficient (Wildman–Crippen LogP) is 1.41. The van der Waals surface area contributed by atoms with Crippen molar-refractivity contribution in [2.75, 3.05) is 14.1 Å². The molecular formula is C17H18N6O2S. The lowest BCUT2D eigenvalue weighted by Gasteiger charge is -2.17. The predicted molar refractivity (Wildman–Crippen MR) is 97.7 cm³/mol. The molecule has 0 aliphatic carbocycles. The van der Waals surface area contributed by atoms with Crippen molar-refractivity contribution in [3.63, 3.8) is 0 Å². The van der Waals surface area contributed by atoms with Crippen LogP contribution >= 0.6 is 11.8 Å². The average molecular weight is 370 g/mol. The van der Waals surface area contributed by atoms with Crippen molar-refractivity contribution >= 4 is 34.6 Å². The molecule has 0 saturated carbocycles. The van der Waals surface area contributed by atoms with Crippen molar-refractivity contribution in [1.82, 2.24) is 29.9 Å². The Morgan fingerprint density at radius 3 is 2.58 bits per heavy atom. The zero-order chi connectivity index (χ0) is 18.7. The molecule has 0 fully saturated rings. The van der Waals surface area contributed by atoms with Crippen LogP contribution in [0.1, 0.15) is 12.5 Å². The third-order valence-electron chi connectivity index (χ3n) is 3.71. The molecule has 8 nitrogen and oxygen atoms in total. The second kappa shape index (κ2) is 7.61. The van der Waals surface area contributed by atoms with Crippen LogP contribution in [0.4, 0.5) is 0 Å². The average Bonchev–Trinajstić information content (AvgIpc) is 3.03. The minimum Gasteiger partial charge on any atom is -0.347 e. The molecule has 0 aliphatic heterocycles. The summed E-state index contributed by atoms with van der Waals surface area (Å²) >= 11 is 1.07. The number of fused-ring (bicyclic) bond motifs is 1. The summed E-state index contributed by atoms with van der Waals surface area (Å²) in [4.78, 5) is 34.1. The van der Waals surface area contributed by atoms with Crippen LogP contribution < -0.4 is 0 Å². The smallest absolute Gasteiger partial charge is 0.243 e. The second-order valence-electron chi connectivity index (χ2n) is 5.92. The molecule has 0 bridgehead atoms. The molecule has 9 heteroatoms. The van der Waals surface area contributed by atoms with E-state index in [1.807, 2.05) is 30.3 Å². The molecule has 134 valence electrons. The van der Waals surface area contributed by atoms with Crippen molar-refractivity contribution in [3.8, 4) is 0 Å². The first-order valence-electron chi connectivity index (χ1n) is 7.93. The third kappa shape index (κ3) is 3.72. The Morgan fingerprint density at radius 1 is 1.19 bits per heavy atom. The summed E-state index contributed by atoms with van der Waals surface area (Å²) in [5.74, 6) is -0.525. The van der Waals surface area contributed by atoms with E-state index in [0.29, 0.717) is 22.7 Å². The van der Waals surface area contributed by atoms with Gasteiger partial charge in [0, 0.05) is 14.1 Å². The van der Waals surface area contributed by atoms with Gasteiger partial charge in [-0.1, -0.05) is 47.3 Å². The summed E-state index contributed by atoms with van der Waals surface area (Å²) in [6.45, 7) is 1.91. The Hall–Kier alpha value is -2.81. The zero-order valence-electron chi connectivity index (χ0n) is 14.7. The first-order chi connectivity index (χ1) is 12.5. The Kier molecular flexibility index (Phi) is 5.27. The van der Waals surface area contributed by atoms with Gasteiger partial charge in [0.15, 0.2) is 16.9 Å². The van der Waals surface area contributed by atoms with Crippen LogP contribution in [-0.2, 0) is 16.1 Å². The first-order valence-corrected chi connectivity index (χ1v) is 8.81. The van der Waals surface area contributed by atoms with Crippen molar-refractivity contribution < 1.29 is 9.59 Å². The number of carbonyl (C=O) groups is 2. The van der Waals surface area contributed by atoms with Gasteiger partial charge in [0.05, 0.1) is 6.54 Å². The summed E-state index contributed by atoms with van der Waals surface area (Å²) in [7, 11) is 3.23.